The maximum atomic E-state index is 13.8. The van der Waals surface area contributed by atoms with Gasteiger partial charge < -0.3 is 9.80 Å². The molecule has 0 N–H and O–H groups in total. The van der Waals surface area contributed by atoms with Crippen LogP contribution in [-0.4, -0.2) is 26.2 Å². The summed E-state index contributed by atoms with van der Waals surface area (Å²) in [4.78, 5) is 3.87. The molecule has 4 nitrogen and oxygen atoms in total. The first-order valence-corrected chi connectivity index (χ1v) is 7.53. The molecule has 3 rings (SSSR count). The number of hydrogen-bond acceptors (Lipinski definition) is 4. The number of benzene rings is 2. The third-order valence-electron chi connectivity index (χ3n) is 4.17. The van der Waals surface area contributed by atoms with Crippen LogP contribution in [0.25, 0.3) is 0 Å². The van der Waals surface area contributed by atoms with E-state index in [4.69, 9.17) is 10.5 Å². The number of nitrogens with zero attached hydrogens (tertiary/aromatic N) is 4. The van der Waals surface area contributed by atoms with E-state index in [-0.39, 0.29) is 11.1 Å². The Balaban J connectivity index is 1.81. The summed E-state index contributed by atoms with van der Waals surface area (Å²) in [5.74, 6) is -1.07. The molecule has 0 aromatic heterocycles. The van der Waals surface area contributed by atoms with Gasteiger partial charge in [-0.05, 0) is 24.3 Å². The van der Waals surface area contributed by atoms with Gasteiger partial charge in [0.2, 0.25) is 0 Å². The van der Waals surface area contributed by atoms with Gasteiger partial charge in [0, 0.05) is 26.2 Å². The average Bonchev–Trinajstić information content (AvgIpc) is 2.61. The minimum atomic E-state index is -0.533. The standard InChI is InChI=1S/C18H14F2N4/c19-15-3-1-5-17(13(15)11-21)23-7-9-24(10-8-23)18-6-2-4-16(20)14(18)12-22/h1-6H,7-10H2. The molecule has 0 atom stereocenters. The number of piperazine rings is 1. The van der Waals surface area contributed by atoms with Crippen molar-refractivity contribution in [2.45, 2.75) is 0 Å². The summed E-state index contributed by atoms with van der Waals surface area (Å²) in [7, 11) is 0. The number of rotatable bonds is 2. The van der Waals surface area contributed by atoms with Crippen molar-refractivity contribution in [3.05, 3.63) is 59.2 Å². The summed E-state index contributed by atoms with van der Waals surface area (Å²) in [5, 5.41) is 18.3. The van der Waals surface area contributed by atoms with Gasteiger partial charge >= 0.3 is 0 Å². The first-order valence-electron chi connectivity index (χ1n) is 7.53. The highest BCUT2D eigenvalue weighted by Crippen LogP contribution is 2.27. The van der Waals surface area contributed by atoms with E-state index in [2.05, 4.69) is 0 Å². The molecule has 0 radical (unpaired) electrons. The number of anilines is 2. The molecule has 1 aliphatic heterocycles. The lowest BCUT2D eigenvalue weighted by atomic mass is 10.1. The fourth-order valence-electron chi connectivity index (χ4n) is 2.96. The van der Waals surface area contributed by atoms with Gasteiger partial charge in [-0.25, -0.2) is 8.78 Å². The SMILES string of the molecule is N#Cc1c(F)cccc1N1CCN(c2cccc(F)c2C#N)CC1. The summed E-state index contributed by atoms with van der Waals surface area (Å²) < 4.78 is 27.5. The van der Waals surface area contributed by atoms with Gasteiger partial charge in [0.15, 0.2) is 0 Å². The molecular weight excluding hydrogens is 310 g/mol. The van der Waals surface area contributed by atoms with Crippen LogP contribution in [0.3, 0.4) is 0 Å². The molecule has 0 spiro atoms. The third-order valence-corrected chi connectivity index (χ3v) is 4.17. The zero-order valence-corrected chi connectivity index (χ0v) is 12.8. The predicted molar refractivity (Wildman–Crippen MR) is 86.7 cm³/mol. The topological polar surface area (TPSA) is 54.1 Å². The van der Waals surface area contributed by atoms with E-state index in [0.29, 0.717) is 37.6 Å². The molecular formula is C18H14F2N4. The van der Waals surface area contributed by atoms with Crippen LogP contribution < -0.4 is 9.80 Å². The van der Waals surface area contributed by atoms with Crippen LogP contribution in [0.5, 0.6) is 0 Å². The van der Waals surface area contributed by atoms with Crippen molar-refractivity contribution < 1.29 is 8.78 Å². The predicted octanol–water partition coefficient (Wildman–Crippen LogP) is 3.03. The molecule has 0 aliphatic carbocycles. The monoisotopic (exact) mass is 324 g/mol. The van der Waals surface area contributed by atoms with E-state index < -0.39 is 11.6 Å². The van der Waals surface area contributed by atoms with Gasteiger partial charge in [0.05, 0.1) is 11.4 Å². The van der Waals surface area contributed by atoms with Crippen LogP contribution >= 0.6 is 0 Å². The third kappa shape index (κ3) is 2.75. The molecule has 0 bridgehead atoms. The number of halogens is 2. The maximum Gasteiger partial charge on any atom is 0.143 e. The highest BCUT2D eigenvalue weighted by atomic mass is 19.1. The Bertz CT molecular complexity index is 772. The minimum Gasteiger partial charge on any atom is -0.367 e. The first-order chi connectivity index (χ1) is 11.7. The van der Waals surface area contributed by atoms with Crippen molar-refractivity contribution in [1.82, 2.24) is 0 Å². The minimum absolute atomic E-state index is 0.0365. The first kappa shape index (κ1) is 15.8. The Hall–Kier alpha value is -3.12. The second-order valence-corrected chi connectivity index (χ2v) is 5.47. The molecule has 1 fully saturated rings. The Morgan fingerprint density at radius 2 is 1.08 bits per heavy atom. The van der Waals surface area contributed by atoms with Gasteiger partial charge in [0.25, 0.3) is 0 Å². The van der Waals surface area contributed by atoms with Crippen LogP contribution in [0.4, 0.5) is 20.2 Å². The van der Waals surface area contributed by atoms with Crippen molar-refractivity contribution in [1.29, 1.82) is 10.5 Å². The lowest BCUT2D eigenvalue weighted by Gasteiger charge is -2.38. The largest absolute Gasteiger partial charge is 0.367 e. The average molecular weight is 324 g/mol. The molecule has 0 saturated carbocycles. The molecule has 0 unspecified atom stereocenters. The Kier molecular flexibility index (Phi) is 4.31. The summed E-state index contributed by atoms with van der Waals surface area (Å²) in [6.45, 7) is 2.22. The molecule has 120 valence electrons. The van der Waals surface area contributed by atoms with Crippen molar-refractivity contribution in [3.8, 4) is 12.1 Å². The highest BCUT2D eigenvalue weighted by molar-refractivity contribution is 5.63. The number of nitriles is 2. The zero-order chi connectivity index (χ0) is 17.1. The normalized spacial score (nSPS) is 14.2. The smallest absolute Gasteiger partial charge is 0.143 e. The molecule has 1 aliphatic rings. The molecule has 0 amide bonds. The van der Waals surface area contributed by atoms with E-state index in [1.165, 1.54) is 12.1 Å². The Morgan fingerprint density at radius 1 is 0.708 bits per heavy atom. The maximum absolute atomic E-state index is 13.8. The van der Waals surface area contributed by atoms with E-state index >= 15 is 0 Å². The van der Waals surface area contributed by atoms with E-state index in [9.17, 15) is 8.78 Å². The lowest BCUT2D eigenvalue weighted by Crippen LogP contribution is -2.47. The Labute approximate surface area is 138 Å². The van der Waals surface area contributed by atoms with Crippen LogP contribution in [0.1, 0.15) is 11.1 Å². The Morgan fingerprint density at radius 3 is 1.42 bits per heavy atom. The van der Waals surface area contributed by atoms with Crippen molar-refractivity contribution in [3.63, 3.8) is 0 Å². The molecule has 1 heterocycles. The highest BCUT2D eigenvalue weighted by Gasteiger charge is 2.23. The van der Waals surface area contributed by atoms with Gasteiger partial charge in [0.1, 0.15) is 34.9 Å². The van der Waals surface area contributed by atoms with Gasteiger partial charge in [-0.15, -0.1) is 0 Å². The van der Waals surface area contributed by atoms with Crippen LogP contribution in [-0.2, 0) is 0 Å². The summed E-state index contributed by atoms with van der Waals surface area (Å²) >= 11 is 0. The van der Waals surface area contributed by atoms with Gasteiger partial charge in [-0.1, -0.05) is 12.1 Å². The zero-order valence-electron chi connectivity index (χ0n) is 12.8. The second-order valence-electron chi connectivity index (χ2n) is 5.47. The molecule has 2 aromatic rings. The molecule has 1 saturated heterocycles. The second kappa shape index (κ2) is 6.55. The fraction of sp³-hybridized carbons (Fsp3) is 0.222. The number of hydrogen-bond donors (Lipinski definition) is 0. The van der Waals surface area contributed by atoms with Gasteiger partial charge in [-0.2, -0.15) is 10.5 Å². The fourth-order valence-corrected chi connectivity index (χ4v) is 2.96. The van der Waals surface area contributed by atoms with E-state index in [1.807, 2.05) is 21.9 Å². The summed E-state index contributed by atoms with van der Waals surface area (Å²) in [6, 6.07) is 13.0. The van der Waals surface area contributed by atoms with Gasteiger partial charge in [-0.3, -0.25) is 0 Å². The van der Waals surface area contributed by atoms with Crippen LogP contribution in [0.2, 0.25) is 0 Å². The molecule has 6 heteroatoms. The lowest BCUT2D eigenvalue weighted by molar-refractivity contribution is 0.610. The van der Waals surface area contributed by atoms with E-state index in [1.54, 1.807) is 24.3 Å². The van der Waals surface area contributed by atoms with Crippen molar-refractivity contribution in [2.24, 2.45) is 0 Å². The summed E-state index contributed by atoms with van der Waals surface area (Å²) in [6.07, 6.45) is 0. The van der Waals surface area contributed by atoms with E-state index in [0.717, 1.165) is 0 Å². The molecule has 24 heavy (non-hydrogen) atoms. The van der Waals surface area contributed by atoms with Crippen molar-refractivity contribution >= 4 is 11.4 Å². The quantitative estimate of drug-likeness (QED) is 0.852. The van der Waals surface area contributed by atoms with Crippen LogP contribution in [0.15, 0.2) is 36.4 Å². The van der Waals surface area contributed by atoms with Crippen molar-refractivity contribution in [2.75, 3.05) is 36.0 Å². The summed E-state index contributed by atoms with van der Waals surface area (Å²) in [5.41, 5.74) is 1.21. The van der Waals surface area contributed by atoms with Crippen LogP contribution in [0, 0.1) is 34.3 Å². The molecule has 2 aromatic carbocycles.